The van der Waals surface area contributed by atoms with Gasteiger partial charge in [-0.1, -0.05) is 15.9 Å². The molecule has 3 N–H and O–H groups in total. The smallest absolute Gasteiger partial charge is 0.264 e. The zero-order valence-electron chi connectivity index (χ0n) is 13.4. The lowest BCUT2D eigenvalue weighted by Crippen LogP contribution is -2.34. The molecule has 2 aromatic rings. The first-order chi connectivity index (χ1) is 12.2. The van der Waals surface area contributed by atoms with Gasteiger partial charge in [0, 0.05) is 22.6 Å². The van der Waals surface area contributed by atoms with E-state index in [1.165, 1.54) is 24.3 Å². The summed E-state index contributed by atoms with van der Waals surface area (Å²) in [6, 6.07) is 12.3. The number of anilines is 1. The van der Waals surface area contributed by atoms with Crippen LogP contribution in [-0.2, 0) is 14.8 Å². The van der Waals surface area contributed by atoms with E-state index in [-0.39, 0.29) is 15.9 Å². The number of carbonyl (C=O) groups excluding carboxylic acids is 2. The Morgan fingerprint density at radius 3 is 2.12 bits per heavy atom. The van der Waals surface area contributed by atoms with Gasteiger partial charge in [-0.15, -0.1) is 0 Å². The molecule has 0 aliphatic rings. The van der Waals surface area contributed by atoms with E-state index in [0.29, 0.717) is 11.3 Å². The molecule has 7 nitrogen and oxygen atoms in total. The van der Waals surface area contributed by atoms with Gasteiger partial charge >= 0.3 is 0 Å². The first-order valence-electron chi connectivity index (χ1n) is 7.19. The SMILES string of the molecule is CC(=O)NS(=O)(=O)c1ccc(NC(=S)NC(=O)c2ccc(Br)cc2)cc1. The fourth-order valence-electron chi connectivity index (χ4n) is 1.90. The van der Waals surface area contributed by atoms with Gasteiger partial charge in [0.05, 0.1) is 4.90 Å². The van der Waals surface area contributed by atoms with E-state index in [2.05, 4.69) is 26.6 Å². The van der Waals surface area contributed by atoms with Crippen LogP contribution in [0, 0.1) is 0 Å². The van der Waals surface area contributed by atoms with Crippen LogP contribution in [0.2, 0.25) is 0 Å². The maximum atomic E-state index is 12.1. The minimum absolute atomic E-state index is 0.0652. The lowest BCUT2D eigenvalue weighted by atomic mass is 10.2. The van der Waals surface area contributed by atoms with Gasteiger partial charge in [-0.05, 0) is 60.7 Å². The molecular weight excluding hydrogens is 442 g/mol. The van der Waals surface area contributed by atoms with Gasteiger partial charge in [0.25, 0.3) is 15.9 Å². The van der Waals surface area contributed by atoms with Gasteiger partial charge in [-0.2, -0.15) is 0 Å². The van der Waals surface area contributed by atoms with Crippen LogP contribution in [0.15, 0.2) is 57.9 Å². The number of hydrogen-bond acceptors (Lipinski definition) is 5. The van der Waals surface area contributed by atoms with Crippen molar-refractivity contribution in [2.24, 2.45) is 0 Å². The minimum Gasteiger partial charge on any atom is -0.332 e. The van der Waals surface area contributed by atoms with E-state index in [0.717, 1.165) is 11.4 Å². The second-order valence-corrected chi connectivity index (χ2v) is 8.11. The summed E-state index contributed by atoms with van der Waals surface area (Å²) in [6.07, 6.45) is 0. The van der Waals surface area contributed by atoms with Crippen molar-refractivity contribution >= 4 is 60.8 Å². The maximum absolute atomic E-state index is 12.1. The van der Waals surface area contributed by atoms with Crippen LogP contribution in [0.25, 0.3) is 0 Å². The van der Waals surface area contributed by atoms with Gasteiger partial charge in [-0.3, -0.25) is 14.9 Å². The lowest BCUT2D eigenvalue weighted by Gasteiger charge is -2.10. The van der Waals surface area contributed by atoms with Gasteiger partial charge in [0.2, 0.25) is 5.91 Å². The molecule has 2 amide bonds. The summed E-state index contributed by atoms with van der Waals surface area (Å²) in [7, 11) is -3.90. The molecule has 0 aromatic heterocycles. The summed E-state index contributed by atoms with van der Waals surface area (Å²) in [6.45, 7) is 1.11. The molecule has 0 saturated carbocycles. The Morgan fingerprint density at radius 1 is 1.00 bits per heavy atom. The molecule has 2 aromatic carbocycles. The average Bonchev–Trinajstić information content (AvgIpc) is 2.54. The van der Waals surface area contributed by atoms with Crippen molar-refractivity contribution in [3.05, 3.63) is 58.6 Å². The van der Waals surface area contributed by atoms with Crippen LogP contribution in [0.5, 0.6) is 0 Å². The molecule has 0 atom stereocenters. The van der Waals surface area contributed by atoms with Crippen LogP contribution in [0.4, 0.5) is 5.69 Å². The van der Waals surface area contributed by atoms with Gasteiger partial charge in [-0.25, -0.2) is 13.1 Å². The molecule has 0 spiro atoms. The molecule has 0 aliphatic heterocycles. The third-order valence-electron chi connectivity index (χ3n) is 3.03. The Labute approximate surface area is 164 Å². The number of thiocarbonyl (C=S) groups is 1. The number of hydrogen-bond donors (Lipinski definition) is 3. The van der Waals surface area contributed by atoms with E-state index < -0.39 is 15.9 Å². The normalized spacial score (nSPS) is 10.7. The number of rotatable bonds is 4. The van der Waals surface area contributed by atoms with Crippen LogP contribution >= 0.6 is 28.1 Å². The van der Waals surface area contributed by atoms with Crippen molar-refractivity contribution in [2.75, 3.05) is 5.32 Å². The Bertz CT molecular complexity index is 942. The predicted octanol–water partition coefficient (Wildman–Crippen LogP) is 2.40. The molecule has 0 heterocycles. The molecule has 0 radical (unpaired) electrons. The molecule has 2 rings (SSSR count). The Balaban J connectivity index is 2.00. The second-order valence-electron chi connectivity index (χ2n) is 5.10. The van der Waals surface area contributed by atoms with Gasteiger partial charge in [0.1, 0.15) is 0 Å². The van der Waals surface area contributed by atoms with Crippen LogP contribution < -0.4 is 15.4 Å². The molecule has 0 unspecified atom stereocenters. The fraction of sp³-hybridized carbons (Fsp3) is 0.0625. The Morgan fingerprint density at radius 2 is 1.58 bits per heavy atom. The topological polar surface area (TPSA) is 104 Å². The van der Waals surface area contributed by atoms with Crippen molar-refractivity contribution in [3.63, 3.8) is 0 Å². The molecular formula is C16H14BrN3O4S2. The quantitative estimate of drug-likeness (QED) is 0.611. The molecule has 26 heavy (non-hydrogen) atoms. The third-order valence-corrected chi connectivity index (χ3v) is 5.22. The van der Waals surface area contributed by atoms with E-state index in [1.54, 1.807) is 24.3 Å². The van der Waals surface area contributed by atoms with Gasteiger partial charge < -0.3 is 5.32 Å². The second kappa shape index (κ2) is 8.39. The van der Waals surface area contributed by atoms with E-state index in [4.69, 9.17) is 12.2 Å². The first-order valence-corrected chi connectivity index (χ1v) is 9.87. The van der Waals surface area contributed by atoms with E-state index in [1.807, 2.05) is 4.72 Å². The standard InChI is InChI=1S/C16H14BrN3O4S2/c1-10(21)20-26(23,24)14-8-6-13(7-9-14)18-16(25)19-15(22)11-2-4-12(17)5-3-11/h2-9H,1H3,(H,20,21)(H2,18,19,22,25). The zero-order valence-corrected chi connectivity index (χ0v) is 16.7. The number of benzene rings is 2. The molecule has 0 aliphatic carbocycles. The molecule has 0 saturated heterocycles. The van der Waals surface area contributed by atoms with E-state index >= 15 is 0 Å². The Kier molecular flexibility index (Phi) is 6.46. The van der Waals surface area contributed by atoms with Crippen molar-refractivity contribution in [1.29, 1.82) is 0 Å². The van der Waals surface area contributed by atoms with Crippen LogP contribution in [0.3, 0.4) is 0 Å². The first kappa shape index (κ1) is 20.0. The van der Waals surface area contributed by atoms with Crippen LogP contribution in [0.1, 0.15) is 17.3 Å². The highest BCUT2D eigenvalue weighted by atomic mass is 79.9. The average molecular weight is 456 g/mol. The molecule has 0 fully saturated rings. The largest absolute Gasteiger partial charge is 0.332 e. The molecule has 0 bridgehead atoms. The summed E-state index contributed by atoms with van der Waals surface area (Å²) < 4.78 is 26.4. The monoisotopic (exact) mass is 455 g/mol. The fourth-order valence-corrected chi connectivity index (χ4v) is 3.37. The molecule has 136 valence electrons. The highest BCUT2D eigenvalue weighted by Crippen LogP contribution is 2.14. The molecule has 10 heteroatoms. The van der Waals surface area contributed by atoms with Crippen molar-refractivity contribution in [1.82, 2.24) is 10.0 Å². The highest BCUT2D eigenvalue weighted by Gasteiger charge is 2.15. The van der Waals surface area contributed by atoms with Crippen LogP contribution in [-0.4, -0.2) is 25.3 Å². The number of halogens is 1. The van der Waals surface area contributed by atoms with Gasteiger partial charge in [0.15, 0.2) is 5.11 Å². The number of nitrogens with one attached hydrogen (secondary N) is 3. The summed E-state index contributed by atoms with van der Waals surface area (Å²) in [5.74, 6) is -1.05. The van der Waals surface area contributed by atoms with Crippen molar-refractivity contribution in [3.8, 4) is 0 Å². The number of sulfonamides is 1. The summed E-state index contributed by atoms with van der Waals surface area (Å²) >= 11 is 8.36. The summed E-state index contributed by atoms with van der Waals surface area (Å²) in [5.41, 5.74) is 0.918. The predicted molar refractivity (Wildman–Crippen MR) is 105 cm³/mol. The Hall–Kier alpha value is -2.30. The third kappa shape index (κ3) is 5.61. The minimum atomic E-state index is -3.90. The summed E-state index contributed by atoms with van der Waals surface area (Å²) in [4.78, 5) is 22.9. The number of carbonyl (C=O) groups is 2. The van der Waals surface area contributed by atoms with E-state index in [9.17, 15) is 18.0 Å². The van der Waals surface area contributed by atoms with Crippen molar-refractivity contribution < 1.29 is 18.0 Å². The summed E-state index contributed by atoms with van der Waals surface area (Å²) in [5, 5.41) is 5.37. The highest BCUT2D eigenvalue weighted by molar-refractivity contribution is 9.10. The maximum Gasteiger partial charge on any atom is 0.264 e. The number of amides is 2. The van der Waals surface area contributed by atoms with Crippen molar-refractivity contribution in [2.45, 2.75) is 11.8 Å². The lowest BCUT2D eigenvalue weighted by molar-refractivity contribution is -0.117. The zero-order chi connectivity index (χ0) is 19.3.